The lowest BCUT2D eigenvalue weighted by atomic mass is 9.84. The SMILES string of the molecule is NC(=S)C1(N2C(=O)CC3(CCCC3)C2=O)CCCC1. The summed E-state index contributed by atoms with van der Waals surface area (Å²) in [6.45, 7) is 0. The maximum absolute atomic E-state index is 12.8. The largest absolute Gasteiger partial charge is 0.391 e. The Bertz CT molecular complexity index is 448. The quantitative estimate of drug-likeness (QED) is 0.620. The van der Waals surface area contributed by atoms with Gasteiger partial charge in [0.15, 0.2) is 0 Å². The van der Waals surface area contributed by atoms with E-state index in [9.17, 15) is 9.59 Å². The van der Waals surface area contributed by atoms with Crippen molar-refractivity contribution < 1.29 is 9.59 Å². The van der Waals surface area contributed by atoms with Crippen molar-refractivity contribution in [3.63, 3.8) is 0 Å². The molecule has 1 heterocycles. The van der Waals surface area contributed by atoms with Crippen LogP contribution in [0.1, 0.15) is 57.8 Å². The molecule has 2 aliphatic carbocycles. The third-order valence-corrected chi connectivity index (χ3v) is 5.65. The number of hydrogen-bond acceptors (Lipinski definition) is 3. The molecular weight excluding hydrogens is 260 g/mol. The summed E-state index contributed by atoms with van der Waals surface area (Å²) >= 11 is 5.20. The molecule has 3 aliphatic rings. The lowest BCUT2D eigenvalue weighted by Gasteiger charge is -2.37. The lowest BCUT2D eigenvalue weighted by molar-refractivity contribution is -0.145. The molecule has 5 heteroatoms. The molecule has 1 saturated heterocycles. The smallest absolute Gasteiger partial charge is 0.236 e. The van der Waals surface area contributed by atoms with Gasteiger partial charge in [-0.05, 0) is 25.7 Å². The van der Waals surface area contributed by atoms with Gasteiger partial charge in [0.1, 0.15) is 5.54 Å². The Balaban J connectivity index is 1.98. The molecule has 2 amide bonds. The third-order valence-electron chi connectivity index (χ3n) is 5.27. The number of nitrogens with zero attached hydrogens (tertiary/aromatic N) is 1. The van der Waals surface area contributed by atoms with Crippen molar-refractivity contribution in [3.8, 4) is 0 Å². The van der Waals surface area contributed by atoms with Crippen LogP contribution in [-0.4, -0.2) is 27.2 Å². The van der Waals surface area contributed by atoms with E-state index in [1.165, 1.54) is 4.90 Å². The van der Waals surface area contributed by atoms with Crippen molar-refractivity contribution >= 4 is 29.0 Å². The fourth-order valence-corrected chi connectivity index (χ4v) is 4.51. The van der Waals surface area contributed by atoms with Crippen LogP contribution in [0.4, 0.5) is 0 Å². The maximum atomic E-state index is 12.8. The Morgan fingerprint density at radius 3 is 2.11 bits per heavy atom. The van der Waals surface area contributed by atoms with Gasteiger partial charge in [-0.2, -0.15) is 0 Å². The fraction of sp³-hybridized carbons (Fsp3) is 0.786. The average molecular weight is 280 g/mol. The molecule has 3 fully saturated rings. The summed E-state index contributed by atoms with van der Waals surface area (Å²) in [7, 11) is 0. The highest BCUT2D eigenvalue weighted by atomic mass is 32.1. The van der Waals surface area contributed by atoms with Crippen LogP contribution in [0, 0.1) is 5.41 Å². The summed E-state index contributed by atoms with van der Waals surface area (Å²) < 4.78 is 0. The van der Waals surface area contributed by atoms with E-state index in [-0.39, 0.29) is 11.8 Å². The fourth-order valence-electron chi connectivity index (χ4n) is 4.21. The summed E-state index contributed by atoms with van der Waals surface area (Å²) in [6, 6.07) is 0. The van der Waals surface area contributed by atoms with Gasteiger partial charge in [0.2, 0.25) is 11.8 Å². The molecule has 1 spiro atoms. The zero-order chi connectivity index (χ0) is 13.7. The molecule has 0 unspecified atom stereocenters. The normalized spacial score (nSPS) is 28.5. The van der Waals surface area contributed by atoms with Crippen LogP contribution in [0.15, 0.2) is 0 Å². The van der Waals surface area contributed by atoms with Crippen LogP contribution >= 0.6 is 12.2 Å². The van der Waals surface area contributed by atoms with Gasteiger partial charge in [-0.25, -0.2) is 0 Å². The highest BCUT2D eigenvalue weighted by Gasteiger charge is 2.59. The number of thiocarbonyl (C=S) groups is 1. The number of nitrogens with two attached hydrogens (primary N) is 1. The highest BCUT2D eigenvalue weighted by molar-refractivity contribution is 7.80. The van der Waals surface area contributed by atoms with Gasteiger partial charge >= 0.3 is 0 Å². The van der Waals surface area contributed by atoms with Gasteiger partial charge in [-0.15, -0.1) is 0 Å². The summed E-state index contributed by atoms with van der Waals surface area (Å²) in [5.74, 6) is -0.0497. The predicted molar refractivity (Wildman–Crippen MR) is 75.4 cm³/mol. The molecule has 2 saturated carbocycles. The van der Waals surface area contributed by atoms with E-state index in [4.69, 9.17) is 18.0 Å². The van der Waals surface area contributed by atoms with Gasteiger partial charge in [-0.1, -0.05) is 37.9 Å². The first-order valence-corrected chi connectivity index (χ1v) is 7.60. The Morgan fingerprint density at radius 1 is 1.05 bits per heavy atom. The number of likely N-dealkylation sites (tertiary alicyclic amines) is 1. The minimum atomic E-state index is -0.657. The van der Waals surface area contributed by atoms with Gasteiger partial charge < -0.3 is 5.73 Å². The second-order valence-corrected chi connectivity index (χ2v) is 6.74. The van der Waals surface area contributed by atoms with Crippen molar-refractivity contribution in [2.45, 2.75) is 63.3 Å². The first-order chi connectivity index (χ1) is 9.02. The van der Waals surface area contributed by atoms with E-state index in [2.05, 4.69) is 0 Å². The van der Waals surface area contributed by atoms with E-state index in [0.29, 0.717) is 11.4 Å². The van der Waals surface area contributed by atoms with Gasteiger partial charge in [0, 0.05) is 6.42 Å². The number of hydrogen-bond donors (Lipinski definition) is 1. The van der Waals surface area contributed by atoms with E-state index >= 15 is 0 Å². The molecule has 0 radical (unpaired) electrons. The zero-order valence-electron chi connectivity index (χ0n) is 11.1. The van der Waals surface area contributed by atoms with E-state index in [1.807, 2.05) is 0 Å². The van der Waals surface area contributed by atoms with Crippen molar-refractivity contribution in [1.29, 1.82) is 0 Å². The van der Waals surface area contributed by atoms with Crippen LogP contribution in [0.2, 0.25) is 0 Å². The summed E-state index contributed by atoms with van der Waals surface area (Å²) in [5.41, 5.74) is 4.83. The summed E-state index contributed by atoms with van der Waals surface area (Å²) in [4.78, 5) is 27.0. The Labute approximate surface area is 118 Å². The van der Waals surface area contributed by atoms with Crippen molar-refractivity contribution in [3.05, 3.63) is 0 Å². The number of rotatable bonds is 2. The van der Waals surface area contributed by atoms with Gasteiger partial charge in [-0.3, -0.25) is 14.5 Å². The number of imide groups is 1. The number of carbonyl (C=O) groups excluding carboxylic acids is 2. The van der Waals surface area contributed by atoms with Gasteiger partial charge in [0.25, 0.3) is 0 Å². The number of carbonyl (C=O) groups is 2. The Morgan fingerprint density at radius 2 is 1.58 bits per heavy atom. The molecule has 1 aliphatic heterocycles. The molecule has 3 rings (SSSR count). The maximum Gasteiger partial charge on any atom is 0.236 e. The van der Waals surface area contributed by atoms with Crippen LogP contribution in [0.5, 0.6) is 0 Å². The molecule has 0 atom stereocenters. The molecule has 104 valence electrons. The van der Waals surface area contributed by atoms with Gasteiger partial charge in [0.05, 0.1) is 10.4 Å². The summed E-state index contributed by atoms with van der Waals surface area (Å²) in [5, 5.41) is 0. The monoisotopic (exact) mass is 280 g/mol. The van der Waals surface area contributed by atoms with Crippen LogP contribution in [0.3, 0.4) is 0 Å². The molecule has 4 nitrogen and oxygen atoms in total. The molecule has 19 heavy (non-hydrogen) atoms. The first kappa shape index (κ1) is 13.0. The third kappa shape index (κ3) is 1.67. The second kappa shape index (κ2) is 4.27. The molecular formula is C14H20N2O2S. The standard InChI is InChI=1S/C14H20N2O2S/c15-11(19)14(7-3-4-8-14)16-10(17)9-13(12(16)18)5-1-2-6-13/h1-9H2,(H2,15,19). The Kier molecular flexibility index (Phi) is 2.93. The van der Waals surface area contributed by atoms with E-state index in [1.54, 1.807) is 0 Å². The molecule has 0 bridgehead atoms. The van der Waals surface area contributed by atoms with E-state index in [0.717, 1.165) is 51.4 Å². The van der Waals surface area contributed by atoms with Crippen molar-refractivity contribution in [1.82, 2.24) is 4.90 Å². The van der Waals surface area contributed by atoms with E-state index < -0.39 is 11.0 Å². The minimum Gasteiger partial charge on any atom is -0.391 e. The van der Waals surface area contributed by atoms with Crippen LogP contribution < -0.4 is 5.73 Å². The molecule has 0 aromatic rings. The Hall–Kier alpha value is -0.970. The number of amides is 2. The molecule has 2 N–H and O–H groups in total. The minimum absolute atomic E-state index is 0.00435. The first-order valence-electron chi connectivity index (χ1n) is 7.19. The predicted octanol–water partition coefficient (Wildman–Crippen LogP) is 1.90. The zero-order valence-corrected chi connectivity index (χ0v) is 11.9. The van der Waals surface area contributed by atoms with Crippen molar-refractivity contribution in [2.75, 3.05) is 0 Å². The van der Waals surface area contributed by atoms with Crippen LogP contribution in [0.25, 0.3) is 0 Å². The molecule has 0 aromatic heterocycles. The lowest BCUT2D eigenvalue weighted by Crippen LogP contribution is -2.58. The second-order valence-electron chi connectivity index (χ2n) is 6.30. The average Bonchev–Trinajstić information content (AvgIpc) is 3.03. The van der Waals surface area contributed by atoms with Crippen LogP contribution in [-0.2, 0) is 9.59 Å². The summed E-state index contributed by atoms with van der Waals surface area (Å²) in [6.07, 6.45) is 7.63. The molecule has 0 aromatic carbocycles. The topological polar surface area (TPSA) is 63.4 Å². The van der Waals surface area contributed by atoms with Crippen molar-refractivity contribution in [2.24, 2.45) is 11.1 Å². The highest BCUT2D eigenvalue weighted by Crippen LogP contribution is 2.50.